The first kappa shape index (κ1) is 19.3. The summed E-state index contributed by atoms with van der Waals surface area (Å²) in [6.45, 7) is 3.90. The molecule has 8 nitrogen and oxygen atoms in total. The van der Waals surface area contributed by atoms with Crippen LogP contribution < -0.4 is 19.1 Å². The van der Waals surface area contributed by atoms with Gasteiger partial charge in [-0.3, -0.25) is 0 Å². The number of nitrogens with zero attached hydrogens (tertiary/aromatic N) is 3. The van der Waals surface area contributed by atoms with Crippen LogP contribution in [-0.4, -0.2) is 55.5 Å². The van der Waals surface area contributed by atoms with Crippen LogP contribution in [0.5, 0.6) is 17.2 Å². The fraction of sp³-hybridized carbons (Fsp3) is 0.389. The average molecular weight is 361 g/mol. The molecule has 0 saturated carbocycles. The third kappa shape index (κ3) is 3.63. The highest BCUT2D eigenvalue weighted by atomic mass is 16.5. The number of methoxy groups -OCH3 is 3. The summed E-state index contributed by atoms with van der Waals surface area (Å²) in [4.78, 5) is 22.0. The molecule has 1 aromatic heterocycles. The van der Waals surface area contributed by atoms with Gasteiger partial charge in [0.2, 0.25) is 5.75 Å². The monoisotopic (exact) mass is 361 g/mol. The number of anilines is 1. The molecule has 2 aromatic rings. The molecule has 8 heteroatoms. The zero-order chi connectivity index (χ0) is 19.4. The fourth-order valence-corrected chi connectivity index (χ4v) is 2.39. The van der Waals surface area contributed by atoms with Gasteiger partial charge in [-0.05, 0) is 26.0 Å². The fourth-order valence-electron chi connectivity index (χ4n) is 2.39. The zero-order valence-electron chi connectivity index (χ0n) is 15.7. The second-order valence-electron chi connectivity index (χ2n) is 5.85. The van der Waals surface area contributed by atoms with Crippen molar-refractivity contribution in [3.05, 3.63) is 23.9 Å². The van der Waals surface area contributed by atoms with Crippen LogP contribution >= 0.6 is 0 Å². The number of carboxylic acids is 1. The number of ether oxygens (including phenoxy) is 3. The molecule has 0 aliphatic carbocycles. The molecule has 0 fully saturated rings. The molecular weight excluding hydrogens is 338 g/mol. The normalized spacial score (nSPS) is 10.6. The highest BCUT2D eigenvalue weighted by molar-refractivity contribution is 5.93. The third-order valence-electron chi connectivity index (χ3n) is 4.03. The first-order valence-corrected chi connectivity index (χ1v) is 7.97. The second kappa shape index (κ2) is 7.90. The summed E-state index contributed by atoms with van der Waals surface area (Å²) < 4.78 is 16.0. The molecule has 2 rings (SSSR count). The third-order valence-corrected chi connectivity index (χ3v) is 4.03. The van der Waals surface area contributed by atoms with Crippen molar-refractivity contribution in [2.45, 2.75) is 19.9 Å². The minimum atomic E-state index is -1.08. The molecule has 0 atom stereocenters. The van der Waals surface area contributed by atoms with Crippen LogP contribution in [0.25, 0.3) is 11.4 Å². The molecule has 0 spiro atoms. The largest absolute Gasteiger partial charge is 0.493 e. The van der Waals surface area contributed by atoms with Crippen molar-refractivity contribution < 1.29 is 24.1 Å². The minimum Gasteiger partial charge on any atom is -0.493 e. The lowest BCUT2D eigenvalue weighted by atomic mass is 10.1. The first-order chi connectivity index (χ1) is 12.3. The van der Waals surface area contributed by atoms with Crippen molar-refractivity contribution in [1.29, 1.82) is 0 Å². The lowest BCUT2D eigenvalue weighted by molar-refractivity contribution is 0.0696. The molecule has 0 bridgehead atoms. The van der Waals surface area contributed by atoms with Crippen molar-refractivity contribution in [2.75, 3.05) is 33.3 Å². The van der Waals surface area contributed by atoms with E-state index in [1.807, 2.05) is 13.8 Å². The molecule has 26 heavy (non-hydrogen) atoms. The Kier molecular flexibility index (Phi) is 5.86. The van der Waals surface area contributed by atoms with Crippen molar-refractivity contribution >= 4 is 11.8 Å². The Bertz CT molecular complexity index is 782. The maximum Gasteiger partial charge on any atom is 0.341 e. The smallest absolute Gasteiger partial charge is 0.341 e. The van der Waals surface area contributed by atoms with Gasteiger partial charge in [-0.15, -0.1) is 0 Å². The lowest BCUT2D eigenvalue weighted by Gasteiger charge is -2.24. The van der Waals surface area contributed by atoms with E-state index in [4.69, 9.17) is 14.2 Å². The number of carbonyl (C=O) groups is 1. The number of hydrogen-bond acceptors (Lipinski definition) is 7. The van der Waals surface area contributed by atoms with Gasteiger partial charge in [0, 0.05) is 24.8 Å². The molecule has 0 aliphatic heterocycles. The molecular formula is C18H23N3O5. The molecule has 140 valence electrons. The predicted octanol–water partition coefficient (Wildman–Crippen LogP) is 2.71. The van der Waals surface area contributed by atoms with Gasteiger partial charge < -0.3 is 24.2 Å². The molecule has 0 saturated heterocycles. The van der Waals surface area contributed by atoms with Gasteiger partial charge in [-0.25, -0.2) is 14.8 Å². The second-order valence-corrected chi connectivity index (χ2v) is 5.85. The van der Waals surface area contributed by atoms with E-state index in [2.05, 4.69) is 9.97 Å². The van der Waals surface area contributed by atoms with E-state index >= 15 is 0 Å². The maximum atomic E-state index is 11.5. The number of benzene rings is 1. The van der Waals surface area contributed by atoms with E-state index in [1.54, 1.807) is 24.1 Å². The Balaban J connectivity index is 2.65. The Morgan fingerprint density at radius 3 is 2.12 bits per heavy atom. The summed E-state index contributed by atoms with van der Waals surface area (Å²) >= 11 is 0. The standard InChI is InChI=1S/C18H23N3O5/c1-10(2)21(3)17-12(18(22)23)9-19-16(20-17)11-7-13(24-4)15(26-6)14(8-11)25-5/h7-10H,1-6H3,(H,22,23). The molecule has 0 aliphatic rings. The summed E-state index contributed by atoms with van der Waals surface area (Å²) in [5.74, 6) is 1.01. The van der Waals surface area contributed by atoms with E-state index in [-0.39, 0.29) is 11.6 Å². The molecule has 1 aromatic carbocycles. The molecule has 0 radical (unpaired) electrons. The van der Waals surface area contributed by atoms with Crippen LogP contribution in [0.15, 0.2) is 18.3 Å². The SMILES string of the molecule is COc1cc(-c2ncc(C(=O)O)c(N(C)C(C)C)n2)cc(OC)c1OC. The molecule has 1 N–H and O–H groups in total. The van der Waals surface area contributed by atoms with Crippen molar-refractivity contribution in [2.24, 2.45) is 0 Å². The lowest BCUT2D eigenvalue weighted by Crippen LogP contribution is -2.28. The summed E-state index contributed by atoms with van der Waals surface area (Å²) in [5.41, 5.74) is 0.659. The number of rotatable bonds is 7. The Hall–Kier alpha value is -3.03. The van der Waals surface area contributed by atoms with E-state index in [0.29, 0.717) is 34.5 Å². The van der Waals surface area contributed by atoms with Gasteiger partial charge in [0.05, 0.1) is 21.3 Å². The number of aromatic carboxylic acids is 1. The van der Waals surface area contributed by atoms with Crippen molar-refractivity contribution in [3.8, 4) is 28.6 Å². The molecule has 0 unspecified atom stereocenters. The zero-order valence-corrected chi connectivity index (χ0v) is 15.7. The topological polar surface area (TPSA) is 94.0 Å². The van der Waals surface area contributed by atoms with Crippen molar-refractivity contribution in [3.63, 3.8) is 0 Å². The number of hydrogen-bond donors (Lipinski definition) is 1. The minimum absolute atomic E-state index is 0.0393. The Labute approximate surface area is 152 Å². The van der Waals surface area contributed by atoms with Gasteiger partial charge in [-0.1, -0.05) is 0 Å². The van der Waals surface area contributed by atoms with Crippen LogP contribution in [0, 0.1) is 0 Å². The van der Waals surface area contributed by atoms with Gasteiger partial charge in [-0.2, -0.15) is 0 Å². The predicted molar refractivity (Wildman–Crippen MR) is 97.6 cm³/mol. The van der Waals surface area contributed by atoms with E-state index in [0.717, 1.165) is 0 Å². The summed E-state index contributed by atoms with van der Waals surface area (Å²) in [7, 11) is 6.35. The van der Waals surface area contributed by atoms with Gasteiger partial charge in [0.1, 0.15) is 11.4 Å². The highest BCUT2D eigenvalue weighted by Crippen LogP contribution is 2.40. The summed E-state index contributed by atoms with van der Waals surface area (Å²) in [6, 6.07) is 3.50. The highest BCUT2D eigenvalue weighted by Gasteiger charge is 2.21. The average Bonchev–Trinajstić information content (AvgIpc) is 2.65. The Morgan fingerprint density at radius 2 is 1.69 bits per heavy atom. The first-order valence-electron chi connectivity index (χ1n) is 7.97. The Morgan fingerprint density at radius 1 is 1.12 bits per heavy atom. The molecule has 0 amide bonds. The maximum absolute atomic E-state index is 11.5. The number of aromatic nitrogens is 2. The quantitative estimate of drug-likeness (QED) is 0.804. The van der Waals surface area contributed by atoms with E-state index in [9.17, 15) is 9.90 Å². The van der Waals surface area contributed by atoms with E-state index in [1.165, 1.54) is 27.5 Å². The van der Waals surface area contributed by atoms with Gasteiger partial charge in [0.25, 0.3) is 0 Å². The summed E-state index contributed by atoms with van der Waals surface area (Å²) in [5, 5.41) is 9.43. The van der Waals surface area contributed by atoms with Crippen LogP contribution in [-0.2, 0) is 0 Å². The van der Waals surface area contributed by atoms with Gasteiger partial charge in [0.15, 0.2) is 17.3 Å². The number of carboxylic acid groups (broad SMARTS) is 1. The van der Waals surface area contributed by atoms with E-state index < -0.39 is 5.97 Å². The van der Waals surface area contributed by atoms with Gasteiger partial charge >= 0.3 is 5.97 Å². The summed E-state index contributed by atoms with van der Waals surface area (Å²) in [6.07, 6.45) is 1.31. The van der Waals surface area contributed by atoms with Crippen molar-refractivity contribution in [1.82, 2.24) is 9.97 Å². The van der Waals surface area contributed by atoms with Crippen LogP contribution in [0.4, 0.5) is 5.82 Å². The van der Waals surface area contributed by atoms with Crippen LogP contribution in [0.1, 0.15) is 24.2 Å². The molecule has 1 heterocycles. The van der Waals surface area contributed by atoms with Crippen LogP contribution in [0.2, 0.25) is 0 Å². The van der Waals surface area contributed by atoms with Crippen LogP contribution in [0.3, 0.4) is 0 Å².